The van der Waals surface area contributed by atoms with E-state index in [-0.39, 0.29) is 6.47 Å². The number of pyridine rings is 1. The SMILES string of the molecule is O=CO.c1ccc(C2CC2)nc1. The lowest BCUT2D eigenvalue weighted by Crippen LogP contribution is -1.81. The molecule has 0 radical (unpaired) electrons. The van der Waals surface area contributed by atoms with Gasteiger partial charge in [0.05, 0.1) is 0 Å². The topological polar surface area (TPSA) is 50.2 Å². The van der Waals surface area contributed by atoms with Gasteiger partial charge in [-0.1, -0.05) is 6.07 Å². The minimum atomic E-state index is -0.250. The lowest BCUT2D eigenvalue weighted by atomic mass is 10.3. The van der Waals surface area contributed by atoms with E-state index in [9.17, 15) is 0 Å². The molecular weight excluding hydrogens is 154 g/mol. The van der Waals surface area contributed by atoms with Crippen molar-refractivity contribution < 1.29 is 9.90 Å². The molecule has 64 valence electrons. The molecule has 1 heterocycles. The highest BCUT2D eigenvalue weighted by Crippen LogP contribution is 2.38. The van der Waals surface area contributed by atoms with Crippen molar-refractivity contribution in [1.29, 1.82) is 0 Å². The standard InChI is InChI=1S/C8H9N.CH2O2/c1-2-6-9-8(3-1)7-4-5-7;2-1-3/h1-3,6-7H,4-5H2;1H,(H,2,3). The maximum atomic E-state index is 8.36. The smallest absolute Gasteiger partial charge is 0.290 e. The third-order valence-corrected chi connectivity index (χ3v) is 1.68. The molecule has 0 aliphatic heterocycles. The van der Waals surface area contributed by atoms with Crippen molar-refractivity contribution in [3.8, 4) is 0 Å². The van der Waals surface area contributed by atoms with Gasteiger partial charge in [0.15, 0.2) is 0 Å². The van der Waals surface area contributed by atoms with E-state index in [0.717, 1.165) is 5.92 Å². The van der Waals surface area contributed by atoms with Gasteiger partial charge in [-0.25, -0.2) is 0 Å². The number of carbonyl (C=O) groups is 1. The molecule has 1 aromatic rings. The predicted molar refractivity (Wildman–Crippen MR) is 44.9 cm³/mol. The Bertz CT molecular complexity index is 232. The van der Waals surface area contributed by atoms with Crippen LogP contribution in [0.25, 0.3) is 0 Å². The Kier molecular flexibility index (Phi) is 3.26. The minimum Gasteiger partial charge on any atom is -0.483 e. The van der Waals surface area contributed by atoms with Crippen molar-refractivity contribution >= 4 is 6.47 Å². The number of hydrogen-bond donors (Lipinski definition) is 1. The van der Waals surface area contributed by atoms with Gasteiger partial charge in [-0.05, 0) is 25.0 Å². The molecule has 3 heteroatoms. The Labute approximate surface area is 71.1 Å². The maximum absolute atomic E-state index is 8.36. The molecule has 1 aromatic heterocycles. The van der Waals surface area contributed by atoms with Gasteiger partial charge in [-0.2, -0.15) is 0 Å². The van der Waals surface area contributed by atoms with Gasteiger partial charge < -0.3 is 5.11 Å². The minimum absolute atomic E-state index is 0.250. The zero-order valence-electron chi connectivity index (χ0n) is 6.68. The summed E-state index contributed by atoms with van der Waals surface area (Å²) in [5.74, 6) is 0.797. The van der Waals surface area contributed by atoms with Crippen molar-refractivity contribution in [2.24, 2.45) is 0 Å². The van der Waals surface area contributed by atoms with Gasteiger partial charge in [0.25, 0.3) is 6.47 Å². The first-order chi connectivity index (χ1) is 5.88. The van der Waals surface area contributed by atoms with Crippen LogP contribution in [0.3, 0.4) is 0 Å². The molecule has 1 aliphatic rings. The van der Waals surface area contributed by atoms with Gasteiger partial charge in [0.2, 0.25) is 0 Å². The lowest BCUT2D eigenvalue weighted by Gasteiger charge is -1.91. The third kappa shape index (κ3) is 2.70. The summed E-state index contributed by atoms with van der Waals surface area (Å²) in [4.78, 5) is 12.6. The van der Waals surface area contributed by atoms with Crippen LogP contribution in [0.1, 0.15) is 24.5 Å². The molecule has 3 nitrogen and oxygen atoms in total. The summed E-state index contributed by atoms with van der Waals surface area (Å²) in [5, 5.41) is 6.89. The van der Waals surface area contributed by atoms with E-state index >= 15 is 0 Å². The first-order valence-corrected chi connectivity index (χ1v) is 3.87. The van der Waals surface area contributed by atoms with Crippen LogP contribution in [0.5, 0.6) is 0 Å². The molecule has 1 N–H and O–H groups in total. The van der Waals surface area contributed by atoms with Crippen LogP contribution in [0.4, 0.5) is 0 Å². The second kappa shape index (κ2) is 4.49. The molecule has 1 fully saturated rings. The number of aromatic nitrogens is 1. The average molecular weight is 165 g/mol. The highest BCUT2D eigenvalue weighted by Gasteiger charge is 2.23. The van der Waals surface area contributed by atoms with Crippen LogP contribution in [-0.2, 0) is 4.79 Å². The van der Waals surface area contributed by atoms with Crippen LogP contribution in [-0.4, -0.2) is 16.6 Å². The van der Waals surface area contributed by atoms with Crippen molar-refractivity contribution in [3.05, 3.63) is 30.1 Å². The van der Waals surface area contributed by atoms with E-state index in [0.29, 0.717) is 0 Å². The van der Waals surface area contributed by atoms with Gasteiger partial charge in [0, 0.05) is 17.8 Å². The molecule has 12 heavy (non-hydrogen) atoms. The van der Waals surface area contributed by atoms with Crippen molar-refractivity contribution in [2.45, 2.75) is 18.8 Å². The molecule has 0 saturated heterocycles. The molecule has 1 aliphatic carbocycles. The second-order valence-corrected chi connectivity index (χ2v) is 2.63. The summed E-state index contributed by atoms with van der Waals surface area (Å²) in [5.41, 5.74) is 1.28. The van der Waals surface area contributed by atoms with E-state index in [1.807, 2.05) is 12.3 Å². The molecule has 2 rings (SSSR count). The second-order valence-electron chi connectivity index (χ2n) is 2.63. The van der Waals surface area contributed by atoms with Crippen LogP contribution >= 0.6 is 0 Å². The third-order valence-electron chi connectivity index (χ3n) is 1.68. The Balaban J connectivity index is 0.000000213. The summed E-state index contributed by atoms with van der Waals surface area (Å²) in [7, 11) is 0. The van der Waals surface area contributed by atoms with Gasteiger partial charge in [-0.15, -0.1) is 0 Å². The normalized spacial score (nSPS) is 14.3. The fraction of sp³-hybridized carbons (Fsp3) is 0.333. The fourth-order valence-corrected chi connectivity index (χ4v) is 0.997. The lowest BCUT2D eigenvalue weighted by molar-refractivity contribution is -0.122. The Morgan fingerprint density at radius 3 is 2.58 bits per heavy atom. The quantitative estimate of drug-likeness (QED) is 0.644. The van der Waals surface area contributed by atoms with Crippen LogP contribution in [0, 0.1) is 0 Å². The monoisotopic (exact) mass is 165 g/mol. The Morgan fingerprint density at radius 2 is 2.17 bits per heavy atom. The largest absolute Gasteiger partial charge is 0.483 e. The van der Waals surface area contributed by atoms with Crippen molar-refractivity contribution in [2.75, 3.05) is 0 Å². The molecule has 0 atom stereocenters. The molecule has 0 aromatic carbocycles. The van der Waals surface area contributed by atoms with E-state index in [2.05, 4.69) is 17.1 Å². The Hall–Kier alpha value is -1.38. The first-order valence-electron chi connectivity index (χ1n) is 3.87. The van der Waals surface area contributed by atoms with E-state index in [1.165, 1.54) is 18.5 Å². The van der Waals surface area contributed by atoms with Gasteiger partial charge >= 0.3 is 0 Å². The highest BCUT2D eigenvalue weighted by molar-refractivity contribution is 5.32. The molecule has 1 saturated carbocycles. The first kappa shape index (κ1) is 8.71. The zero-order chi connectivity index (χ0) is 8.81. The summed E-state index contributed by atoms with van der Waals surface area (Å²) in [6.45, 7) is -0.250. The number of carboxylic acid groups (broad SMARTS) is 1. The molecular formula is C9H11NO2. The van der Waals surface area contributed by atoms with Crippen molar-refractivity contribution in [3.63, 3.8) is 0 Å². The summed E-state index contributed by atoms with van der Waals surface area (Å²) in [6.07, 6.45) is 4.56. The maximum Gasteiger partial charge on any atom is 0.290 e. The van der Waals surface area contributed by atoms with Crippen molar-refractivity contribution in [1.82, 2.24) is 4.98 Å². The number of rotatable bonds is 1. The molecule has 0 amide bonds. The Morgan fingerprint density at radius 1 is 1.50 bits per heavy atom. The van der Waals surface area contributed by atoms with Crippen LogP contribution < -0.4 is 0 Å². The number of nitrogens with zero attached hydrogens (tertiary/aromatic N) is 1. The van der Waals surface area contributed by atoms with Gasteiger partial charge in [0.1, 0.15) is 0 Å². The van der Waals surface area contributed by atoms with Crippen LogP contribution in [0.2, 0.25) is 0 Å². The van der Waals surface area contributed by atoms with E-state index in [4.69, 9.17) is 9.90 Å². The fourth-order valence-electron chi connectivity index (χ4n) is 0.997. The summed E-state index contributed by atoms with van der Waals surface area (Å²) >= 11 is 0. The van der Waals surface area contributed by atoms with Gasteiger partial charge in [-0.3, -0.25) is 9.78 Å². The predicted octanol–water partition coefficient (Wildman–Crippen LogP) is 1.66. The van der Waals surface area contributed by atoms with Crippen LogP contribution in [0.15, 0.2) is 24.4 Å². The van der Waals surface area contributed by atoms with E-state index in [1.54, 1.807) is 0 Å². The molecule has 0 spiro atoms. The summed E-state index contributed by atoms with van der Waals surface area (Å²) in [6, 6.07) is 6.13. The zero-order valence-corrected chi connectivity index (χ0v) is 6.68. The average Bonchev–Trinajstić information content (AvgIpc) is 2.90. The summed E-state index contributed by atoms with van der Waals surface area (Å²) < 4.78 is 0. The number of hydrogen-bond acceptors (Lipinski definition) is 2. The molecule has 0 unspecified atom stereocenters. The van der Waals surface area contributed by atoms with E-state index < -0.39 is 0 Å². The highest BCUT2D eigenvalue weighted by atomic mass is 16.3. The molecule has 0 bridgehead atoms.